The van der Waals surface area contributed by atoms with Crippen molar-refractivity contribution in [3.05, 3.63) is 29.8 Å². The Balaban J connectivity index is 0.00000225. The Morgan fingerprint density at radius 3 is 2.19 bits per heavy atom. The third-order valence-electron chi connectivity index (χ3n) is 2.27. The summed E-state index contributed by atoms with van der Waals surface area (Å²) in [5, 5.41) is 3.42. The predicted molar refractivity (Wildman–Crippen MR) is 65.5 cm³/mol. The second kappa shape index (κ2) is 6.74. The molecular weight excluding hydrogens is 222 g/mol. The SMILES string of the molecule is C[N+](C)(C)CCNCc1ccc(N)cc1.[Cl-]. The van der Waals surface area contributed by atoms with E-state index < -0.39 is 0 Å². The maximum atomic E-state index is 5.62. The molecule has 0 aliphatic rings. The number of nitrogens with one attached hydrogen (secondary N) is 1. The van der Waals surface area contributed by atoms with Crippen LogP contribution in [0.3, 0.4) is 0 Å². The molecule has 1 aromatic carbocycles. The number of nitrogens with two attached hydrogens (primary N) is 1. The zero-order valence-corrected chi connectivity index (χ0v) is 11.1. The van der Waals surface area contributed by atoms with Gasteiger partial charge in [-0.2, -0.15) is 0 Å². The van der Waals surface area contributed by atoms with Crippen LogP contribution in [0.1, 0.15) is 5.56 Å². The van der Waals surface area contributed by atoms with Gasteiger partial charge in [-0.25, -0.2) is 0 Å². The lowest BCUT2D eigenvalue weighted by Crippen LogP contribution is -3.00. The molecule has 0 radical (unpaired) electrons. The van der Waals surface area contributed by atoms with Gasteiger partial charge in [0.2, 0.25) is 0 Å². The van der Waals surface area contributed by atoms with Gasteiger partial charge < -0.3 is 27.9 Å². The third kappa shape index (κ3) is 6.67. The Bertz CT molecular complexity index is 290. The molecule has 92 valence electrons. The minimum Gasteiger partial charge on any atom is -1.00 e. The fraction of sp³-hybridized carbons (Fsp3) is 0.500. The zero-order valence-electron chi connectivity index (χ0n) is 10.3. The van der Waals surface area contributed by atoms with Gasteiger partial charge in [-0.15, -0.1) is 0 Å². The second-order valence-corrected chi connectivity index (χ2v) is 4.93. The fourth-order valence-corrected chi connectivity index (χ4v) is 1.28. The number of hydrogen-bond acceptors (Lipinski definition) is 2. The lowest BCUT2D eigenvalue weighted by Gasteiger charge is -2.23. The summed E-state index contributed by atoms with van der Waals surface area (Å²) >= 11 is 0. The molecule has 0 aromatic heterocycles. The Morgan fingerprint density at radius 2 is 1.69 bits per heavy atom. The number of likely N-dealkylation sites (N-methyl/N-ethyl adjacent to an activating group) is 1. The van der Waals surface area contributed by atoms with Crippen molar-refractivity contribution in [3.8, 4) is 0 Å². The fourth-order valence-electron chi connectivity index (χ4n) is 1.28. The maximum absolute atomic E-state index is 5.62. The van der Waals surface area contributed by atoms with Crippen molar-refractivity contribution in [3.63, 3.8) is 0 Å². The maximum Gasteiger partial charge on any atom is 0.0907 e. The first kappa shape index (κ1) is 15.2. The van der Waals surface area contributed by atoms with E-state index in [0.717, 1.165) is 29.8 Å². The molecule has 0 saturated carbocycles. The van der Waals surface area contributed by atoms with E-state index in [2.05, 4.69) is 38.6 Å². The monoisotopic (exact) mass is 243 g/mol. The molecule has 4 heteroatoms. The van der Waals surface area contributed by atoms with Gasteiger partial charge in [-0.3, -0.25) is 0 Å². The summed E-state index contributed by atoms with van der Waals surface area (Å²) in [5.74, 6) is 0. The number of rotatable bonds is 5. The van der Waals surface area contributed by atoms with Gasteiger partial charge in [-0.1, -0.05) is 12.1 Å². The van der Waals surface area contributed by atoms with E-state index in [1.165, 1.54) is 5.56 Å². The van der Waals surface area contributed by atoms with Crippen molar-refractivity contribution >= 4 is 5.69 Å². The minimum absolute atomic E-state index is 0. The highest BCUT2D eigenvalue weighted by Crippen LogP contribution is 2.04. The summed E-state index contributed by atoms with van der Waals surface area (Å²) in [4.78, 5) is 0. The molecule has 0 aliphatic carbocycles. The number of hydrogen-bond donors (Lipinski definition) is 2. The van der Waals surface area contributed by atoms with E-state index in [1.807, 2.05) is 12.1 Å². The number of nitrogen functional groups attached to an aromatic ring is 1. The molecule has 3 nitrogen and oxygen atoms in total. The van der Waals surface area contributed by atoms with E-state index in [9.17, 15) is 0 Å². The summed E-state index contributed by atoms with van der Waals surface area (Å²) in [5.41, 5.74) is 7.72. The van der Waals surface area contributed by atoms with Gasteiger partial charge in [0, 0.05) is 18.8 Å². The molecule has 1 aromatic rings. The lowest BCUT2D eigenvalue weighted by molar-refractivity contribution is -0.869. The normalized spacial score (nSPS) is 10.9. The van der Waals surface area contributed by atoms with Crippen molar-refractivity contribution in [1.82, 2.24) is 5.32 Å². The van der Waals surface area contributed by atoms with Gasteiger partial charge in [0.15, 0.2) is 0 Å². The number of nitrogens with zero attached hydrogens (tertiary/aromatic N) is 1. The van der Waals surface area contributed by atoms with E-state index >= 15 is 0 Å². The smallest absolute Gasteiger partial charge is 0.0907 e. The van der Waals surface area contributed by atoms with Gasteiger partial charge in [-0.05, 0) is 17.7 Å². The first-order valence-corrected chi connectivity index (χ1v) is 5.33. The van der Waals surface area contributed by atoms with Crippen LogP contribution in [-0.2, 0) is 6.54 Å². The minimum atomic E-state index is 0. The Labute approximate surface area is 105 Å². The van der Waals surface area contributed by atoms with Crippen LogP contribution in [0.25, 0.3) is 0 Å². The lowest BCUT2D eigenvalue weighted by atomic mass is 10.2. The highest BCUT2D eigenvalue weighted by Gasteiger charge is 2.04. The van der Waals surface area contributed by atoms with Crippen molar-refractivity contribution in [2.24, 2.45) is 0 Å². The van der Waals surface area contributed by atoms with Crippen LogP contribution in [0.5, 0.6) is 0 Å². The average molecular weight is 244 g/mol. The molecule has 1 rings (SSSR count). The van der Waals surface area contributed by atoms with Gasteiger partial charge in [0.05, 0.1) is 27.7 Å². The van der Waals surface area contributed by atoms with E-state index in [4.69, 9.17) is 5.73 Å². The predicted octanol–water partition coefficient (Wildman–Crippen LogP) is -1.93. The molecule has 0 unspecified atom stereocenters. The molecule has 0 aliphatic heterocycles. The van der Waals surface area contributed by atoms with Crippen LogP contribution >= 0.6 is 0 Å². The molecule has 3 N–H and O–H groups in total. The topological polar surface area (TPSA) is 38.0 Å². The van der Waals surface area contributed by atoms with Crippen LogP contribution in [-0.4, -0.2) is 38.7 Å². The summed E-state index contributed by atoms with van der Waals surface area (Å²) in [6.07, 6.45) is 0. The number of quaternary nitrogens is 1. The molecule has 0 atom stereocenters. The Morgan fingerprint density at radius 1 is 1.12 bits per heavy atom. The van der Waals surface area contributed by atoms with Gasteiger partial charge in [0.25, 0.3) is 0 Å². The molecule has 0 spiro atoms. The van der Waals surface area contributed by atoms with Crippen molar-refractivity contribution < 1.29 is 16.9 Å². The largest absolute Gasteiger partial charge is 1.00 e. The molecular formula is C12H22ClN3. The number of halogens is 1. The Kier molecular flexibility index (Phi) is 6.41. The summed E-state index contributed by atoms with van der Waals surface area (Å²) in [6, 6.07) is 8.01. The molecule has 0 heterocycles. The van der Waals surface area contributed by atoms with Gasteiger partial charge >= 0.3 is 0 Å². The average Bonchev–Trinajstić information content (AvgIpc) is 2.14. The summed E-state index contributed by atoms with van der Waals surface area (Å²) in [6.45, 7) is 3.09. The van der Waals surface area contributed by atoms with Crippen molar-refractivity contribution in [2.45, 2.75) is 6.54 Å². The van der Waals surface area contributed by atoms with Crippen LogP contribution in [0.2, 0.25) is 0 Å². The van der Waals surface area contributed by atoms with Crippen molar-refractivity contribution in [2.75, 3.05) is 40.0 Å². The summed E-state index contributed by atoms with van der Waals surface area (Å²) < 4.78 is 0.995. The second-order valence-electron chi connectivity index (χ2n) is 4.93. The first-order chi connectivity index (χ1) is 6.97. The van der Waals surface area contributed by atoms with Crippen LogP contribution in [0.15, 0.2) is 24.3 Å². The van der Waals surface area contributed by atoms with Gasteiger partial charge in [0.1, 0.15) is 0 Å². The summed E-state index contributed by atoms with van der Waals surface area (Å²) in [7, 11) is 6.60. The van der Waals surface area contributed by atoms with Crippen molar-refractivity contribution in [1.29, 1.82) is 0 Å². The van der Waals surface area contributed by atoms with E-state index in [1.54, 1.807) is 0 Å². The molecule has 0 saturated heterocycles. The number of benzene rings is 1. The zero-order chi connectivity index (χ0) is 11.3. The highest BCUT2D eigenvalue weighted by atomic mass is 35.5. The Hall–Kier alpha value is -0.770. The molecule has 16 heavy (non-hydrogen) atoms. The third-order valence-corrected chi connectivity index (χ3v) is 2.27. The quantitative estimate of drug-likeness (QED) is 0.359. The first-order valence-electron chi connectivity index (χ1n) is 5.33. The van der Waals surface area contributed by atoms with Crippen LogP contribution in [0.4, 0.5) is 5.69 Å². The number of anilines is 1. The highest BCUT2D eigenvalue weighted by molar-refractivity contribution is 5.39. The van der Waals surface area contributed by atoms with E-state index in [0.29, 0.717) is 0 Å². The van der Waals surface area contributed by atoms with E-state index in [-0.39, 0.29) is 12.4 Å². The molecule has 0 amide bonds. The molecule has 0 fully saturated rings. The van der Waals surface area contributed by atoms with Crippen LogP contribution in [0, 0.1) is 0 Å². The molecule has 0 bridgehead atoms. The van der Waals surface area contributed by atoms with Crippen LogP contribution < -0.4 is 23.5 Å². The standard InChI is InChI=1S/C12H22N3.ClH/c1-15(2,3)9-8-14-10-11-4-6-12(13)7-5-11;/h4-7,14H,8-10,13H2,1-3H3;1H/q+1;/p-1.